The van der Waals surface area contributed by atoms with Crippen LogP contribution in [0, 0.1) is 6.92 Å². The Morgan fingerprint density at radius 1 is 1.00 bits per heavy atom. The molecule has 0 aliphatic heterocycles. The first-order valence-corrected chi connectivity index (χ1v) is 8.06. The summed E-state index contributed by atoms with van der Waals surface area (Å²) in [6.45, 7) is 2.00. The first-order valence-electron chi connectivity index (χ1n) is 7.25. The van der Waals surface area contributed by atoms with Crippen LogP contribution >= 0.6 is 11.3 Å². The molecule has 5 heteroatoms. The Morgan fingerprint density at radius 2 is 1.74 bits per heavy atom. The minimum Gasteiger partial charge on any atom is -0.267 e. The highest BCUT2D eigenvalue weighted by molar-refractivity contribution is 7.15. The summed E-state index contributed by atoms with van der Waals surface area (Å²) in [5.41, 5.74) is 2.93. The number of aryl methyl sites for hydroxylation is 1. The van der Waals surface area contributed by atoms with Gasteiger partial charge >= 0.3 is 0 Å². The highest BCUT2D eigenvalue weighted by atomic mass is 32.1. The molecule has 0 saturated carbocycles. The molecule has 2 aromatic carbocycles. The van der Waals surface area contributed by atoms with Gasteiger partial charge in [0, 0.05) is 5.56 Å². The van der Waals surface area contributed by atoms with Crippen LogP contribution in [0.25, 0.3) is 22.4 Å². The SMILES string of the molecule is Cc1ccccc1-c1nnc2s/c(=C/c3ccccc3)c(=O)n12. The van der Waals surface area contributed by atoms with Crippen molar-refractivity contribution in [3.05, 3.63) is 80.6 Å². The van der Waals surface area contributed by atoms with Gasteiger partial charge in [-0.3, -0.25) is 4.79 Å². The van der Waals surface area contributed by atoms with Crippen molar-refractivity contribution in [1.29, 1.82) is 0 Å². The third-order valence-electron chi connectivity index (χ3n) is 3.73. The lowest BCUT2D eigenvalue weighted by atomic mass is 10.1. The number of nitrogens with zero attached hydrogens (tertiary/aromatic N) is 3. The molecule has 0 N–H and O–H groups in total. The van der Waals surface area contributed by atoms with Crippen molar-refractivity contribution in [2.24, 2.45) is 0 Å². The minimum absolute atomic E-state index is 0.0721. The molecule has 0 saturated heterocycles. The van der Waals surface area contributed by atoms with Crippen molar-refractivity contribution in [3.63, 3.8) is 0 Å². The Kier molecular flexibility index (Phi) is 3.28. The molecule has 4 nitrogen and oxygen atoms in total. The van der Waals surface area contributed by atoms with Gasteiger partial charge in [0.05, 0.1) is 4.53 Å². The van der Waals surface area contributed by atoms with E-state index in [1.54, 1.807) is 4.40 Å². The van der Waals surface area contributed by atoms with Gasteiger partial charge in [-0.15, -0.1) is 10.2 Å². The number of aromatic nitrogens is 3. The van der Waals surface area contributed by atoms with E-state index < -0.39 is 0 Å². The van der Waals surface area contributed by atoms with Gasteiger partial charge in [-0.25, -0.2) is 4.40 Å². The molecular formula is C18H13N3OS. The molecule has 4 aromatic rings. The standard InChI is InChI=1S/C18H13N3OS/c1-12-7-5-6-10-14(12)16-19-20-18-21(16)17(22)15(23-18)11-13-8-3-2-4-9-13/h2-11H,1H3/b15-11+. The molecule has 0 unspecified atom stereocenters. The van der Waals surface area contributed by atoms with Gasteiger partial charge in [0.2, 0.25) is 4.96 Å². The largest absolute Gasteiger partial charge is 0.276 e. The van der Waals surface area contributed by atoms with E-state index in [1.807, 2.05) is 67.6 Å². The maximum Gasteiger partial charge on any atom is 0.276 e. The molecule has 0 atom stereocenters. The van der Waals surface area contributed by atoms with Crippen LogP contribution in [-0.2, 0) is 0 Å². The van der Waals surface area contributed by atoms with E-state index in [2.05, 4.69) is 10.2 Å². The zero-order valence-corrected chi connectivity index (χ0v) is 13.2. The van der Waals surface area contributed by atoms with Crippen molar-refractivity contribution in [2.75, 3.05) is 0 Å². The zero-order chi connectivity index (χ0) is 15.8. The lowest BCUT2D eigenvalue weighted by Crippen LogP contribution is -2.23. The summed E-state index contributed by atoms with van der Waals surface area (Å²) in [4.78, 5) is 13.4. The van der Waals surface area contributed by atoms with Crippen LogP contribution in [0.5, 0.6) is 0 Å². The van der Waals surface area contributed by atoms with E-state index in [1.165, 1.54) is 11.3 Å². The number of hydrogen-bond acceptors (Lipinski definition) is 4. The quantitative estimate of drug-likeness (QED) is 0.571. The van der Waals surface area contributed by atoms with Gasteiger partial charge in [-0.05, 0) is 24.1 Å². The van der Waals surface area contributed by atoms with Gasteiger partial charge in [0.15, 0.2) is 5.82 Å². The fraction of sp³-hybridized carbons (Fsp3) is 0.0556. The second-order valence-corrected chi connectivity index (χ2v) is 6.29. The van der Waals surface area contributed by atoms with Gasteiger partial charge in [-0.1, -0.05) is 65.9 Å². The molecule has 0 aliphatic rings. The van der Waals surface area contributed by atoms with Crippen LogP contribution in [0.3, 0.4) is 0 Å². The van der Waals surface area contributed by atoms with Gasteiger partial charge in [0.25, 0.3) is 5.56 Å². The Labute approximate surface area is 136 Å². The summed E-state index contributed by atoms with van der Waals surface area (Å²) in [7, 11) is 0. The number of rotatable bonds is 2. The van der Waals surface area contributed by atoms with Gasteiger partial charge < -0.3 is 0 Å². The normalized spacial score (nSPS) is 12.1. The van der Waals surface area contributed by atoms with Crippen LogP contribution in [0.15, 0.2) is 59.4 Å². The molecule has 0 bridgehead atoms. The average molecular weight is 319 g/mol. The average Bonchev–Trinajstić information content (AvgIpc) is 3.10. The molecule has 4 rings (SSSR count). The van der Waals surface area contributed by atoms with Crippen molar-refractivity contribution in [2.45, 2.75) is 6.92 Å². The summed E-state index contributed by atoms with van der Waals surface area (Å²) in [6, 6.07) is 17.7. The highest BCUT2D eigenvalue weighted by Crippen LogP contribution is 2.21. The summed E-state index contributed by atoms with van der Waals surface area (Å²) >= 11 is 1.36. The topological polar surface area (TPSA) is 47.3 Å². The fourth-order valence-electron chi connectivity index (χ4n) is 2.56. The number of fused-ring (bicyclic) bond motifs is 1. The molecule has 0 aliphatic carbocycles. The predicted molar refractivity (Wildman–Crippen MR) is 92.5 cm³/mol. The molecule has 0 spiro atoms. The van der Waals surface area contributed by atoms with E-state index in [9.17, 15) is 4.79 Å². The first-order chi connectivity index (χ1) is 11.2. The van der Waals surface area contributed by atoms with E-state index in [0.717, 1.165) is 16.7 Å². The van der Waals surface area contributed by atoms with Crippen LogP contribution in [0.2, 0.25) is 0 Å². The Morgan fingerprint density at radius 3 is 2.52 bits per heavy atom. The summed E-state index contributed by atoms with van der Waals surface area (Å²) in [5.74, 6) is 0.604. The monoisotopic (exact) mass is 319 g/mol. The lowest BCUT2D eigenvalue weighted by molar-refractivity contribution is 1.09. The molecule has 0 fully saturated rings. The van der Waals surface area contributed by atoms with Crippen molar-refractivity contribution < 1.29 is 0 Å². The number of hydrogen-bond donors (Lipinski definition) is 0. The predicted octanol–water partition coefficient (Wildman–Crippen LogP) is 2.67. The summed E-state index contributed by atoms with van der Waals surface area (Å²) < 4.78 is 2.26. The maximum absolute atomic E-state index is 12.8. The summed E-state index contributed by atoms with van der Waals surface area (Å²) in [5, 5.41) is 8.38. The van der Waals surface area contributed by atoms with E-state index >= 15 is 0 Å². The van der Waals surface area contributed by atoms with E-state index in [0.29, 0.717) is 15.3 Å². The number of benzene rings is 2. The third-order valence-corrected chi connectivity index (χ3v) is 4.69. The second-order valence-electron chi connectivity index (χ2n) is 5.28. The fourth-order valence-corrected chi connectivity index (χ4v) is 3.47. The molecule has 0 amide bonds. The first kappa shape index (κ1) is 13.8. The lowest BCUT2D eigenvalue weighted by Gasteiger charge is -2.00. The Hall–Kier alpha value is -2.79. The van der Waals surface area contributed by atoms with E-state index in [4.69, 9.17) is 0 Å². The smallest absolute Gasteiger partial charge is 0.267 e. The van der Waals surface area contributed by atoms with Gasteiger partial charge in [-0.2, -0.15) is 0 Å². The van der Waals surface area contributed by atoms with E-state index in [-0.39, 0.29) is 5.56 Å². The van der Waals surface area contributed by atoms with Gasteiger partial charge in [0.1, 0.15) is 0 Å². The molecule has 0 radical (unpaired) electrons. The molecule has 112 valence electrons. The Balaban J connectivity index is 1.96. The van der Waals surface area contributed by atoms with Crippen LogP contribution in [0.1, 0.15) is 11.1 Å². The molecule has 23 heavy (non-hydrogen) atoms. The Bertz CT molecular complexity index is 1100. The molecule has 2 heterocycles. The van der Waals surface area contributed by atoms with Crippen LogP contribution in [0.4, 0.5) is 0 Å². The zero-order valence-electron chi connectivity index (χ0n) is 12.4. The molecule has 2 aromatic heterocycles. The van der Waals surface area contributed by atoms with Crippen molar-refractivity contribution >= 4 is 22.4 Å². The van der Waals surface area contributed by atoms with Crippen molar-refractivity contribution in [3.8, 4) is 11.4 Å². The molecular weight excluding hydrogens is 306 g/mol. The van der Waals surface area contributed by atoms with Crippen LogP contribution < -0.4 is 10.1 Å². The maximum atomic E-state index is 12.8. The number of thiazole rings is 1. The highest BCUT2D eigenvalue weighted by Gasteiger charge is 2.15. The van der Waals surface area contributed by atoms with Crippen LogP contribution in [-0.4, -0.2) is 14.6 Å². The second kappa shape index (κ2) is 5.44. The van der Waals surface area contributed by atoms with Crippen molar-refractivity contribution in [1.82, 2.24) is 14.6 Å². The third kappa shape index (κ3) is 2.35. The minimum atomic E-state index is -0.0721. The summed E-state index contributed by atoms with van der Waals surface area (Å²) in [6.07, 6.45) is 1.89.